The number of carboxylic acid groups (broad SMARTS) is 1. The van der Waals surface area contributed by atoms with Crippen LogP contribution < -0.4 is 5.32 Å². The van der Waals surface area contributed by atoms with Crippen molar-refractivity contribution in [2.24, 2.45) is 0 Å². The highest BCUT2D eigenvalue weighted by atomic mass is 16.4. The Kier molecular flexibility index (Phi) is 3.91. The molecule has 0 bridgehead atoms. The number of carboxylic acids is 1. The molecule has 2 N–H and O–H groups in total. The van der Waals surface area contributed by atoms with Gasteiger partial charge in [-0.05, 0) is 18.6 Å². The minimum Gasteiger partial charge on any atom is -0.481 e. The molecule has 14 heavy (non-hydrogen) atoms. The lowest BCUT2D eigenvalue weighted by Gasteiger charge is -2.14. The highest BCUT2D eigenvalue weighted by Gasteiger charge is 2.10. The topological polar surface area (TPSA) is 62.2 Å². The fourth-order valence-electron chi connectivity index (χ4n) is 1.17. The maximum atomic E-state index is 10.5. The van der Waals surface area contributed by atoms with Gasteiger partial charge in [0.2, 0.25) is 0 Å². The van der Waals surface area contributed by atoms with Crippen LogP contribution in [0.25, 0.3) is 0 Å². The molecule has 0 saturated carbocycles. The maximum Gasteiger partial charge on any atom is 0.305 e. The second-order valence-electron chi connectivity index (χ2n) is 3.06. The first-order valence-corrected chi connectivity index (χ1v) is 4.61. The summed E-state index contributed by atoms with van der Waals surface area (Å²) in [6.45, 7) is 1.95. The molecule has 0 fully saturated rings. The van der Waals surface area contributed by atoms with Gasteiger partial charge in [-0.2, -0.15) is 0 Å². The number of hydrogen-bond acceptors (Lipinski definition) is 3. The van der Waals surface area contributed by atoms with E-state index in [1.165, 1.54) is 0 Å². The average molecular weight is 194 g/mol. The molecule has 0 saturated heterocycles. The maximum absolute atomic E-state index is 10.5. The van der Waals surface area contributed by atoms with Gasteiger partial charge in [0.15, 0.2) is 0 Å². The van der Waals surface area contributed by atoms with Crippen LogP contribution in [-0.4, -0.2) is 22.1 Å². The third-order valence-corrected chi connectivity index (χ3v) is 1.93. The summed E-state index contributed by atoms with van der Waals surface area (Å²) in [6.07, 6.45) is 2.56. The van der Waals surface area contributed by atoms with Crippen molar-refractivity contribution in [3.8, 4) is 0 Å². The molecule has 1 aromatic rings. The highest BCUT2D eigenvalue weighted by Crippen LogP contribution is 2.07. The number of anilines is 1. The molecule has 0 unspecified atom stereocenters. The van der Waals surface area contributed by atoms with Crippen LogP contribution in [-0.2, 0) is 4.79 Å². The lowest BCUT2D eigenvalue weighted by Crippen LogP contribution is -2.22. The van der Waals surface area contributed by atoms with Gasteiger partial charge >= 0.3 is 5.97 Å². The van der Waals surface area contributed by atoms with E-state index < -0.39 is 5.97 Å². The normalized spacial score (nSPS) is 12.1. The molecule has 0 aromatic carbocycles. The van der Waals surface area contributed by atoms with Crippen molar-refractivity contribution in [1.29, 1.82) is 0 Å². The van der Waals surface area contributed by atoms with Crippen molar-refractivity contribution in [2.45, 2.75) is 25.8 Å². The first kappa shape index (κ1) is 10.5. The molecule has 0 aliphatic heterocycles. The zero-order valence-electron chi connectivity index (χ0n) is 8.10. The Morgan fingerprint density at radius 3 is 2.93 bits per heavy atom. The minimum absolute atomic E-state index is 0.0533. The molecular weight excluding hydrogens is 180 g/mol. The van der Waals surface area contributed by atoms with Crippen molar-refractivity contribution < 1.29 is 9.90 Å². The van der Waals surface area contributed by atoms with E-state index in [-0.39, 0.29) is 12.5 Å². The van der Waals surface area contributed by atoms with Gasteiger partial charge in [0.05, 0.1) is 6.42 Å². The van der Waals surface area contributed by atoms with E-state index in [1.807, 2.05) is 25.1 Å². The Morgan fingerprint density at radius 2 is 2.43 bits per heavy atom. The zero-order chi connectivity index (χ0) is 10.4. The molecule has 1 aromatic heterocycles. The number of aromatic nitrogens is 1. The summed E-state index contributed by atoms with van der Waals surface area (Å²) in [5.74, 6) is -0.0686. The largest absolute Gasteiger partial charge is 0.481 e. The van der Waals surface area contributed by atoms with E-state index in [2.05, 4.69) is 10.3 Å². The van der Waals surface area contributed by atoms with Gasteiger partial charge in [-0.3, -0.25) is 4.79 Å². The van der Waals surface area contributed by atoms with Crippen molar-refractivity contribution >= 4 is 11.8 Å². The Morgan fingerprint density at radius 1 is 1.64 bits per heavy atom. The molecule has 4 heteroatoms. The number of rotatable bonds is 5. The smallest absolute Gasteiger partial charge is 0.305 e. The lowest BCUT2D eigenvalue weighted by molar-refractivity contribution is -0.137. The van der Waals surface area contributed by atoms with Crippen molar-refractivity contribution in [3.63, 3.8) is 0 Å². The molecule has 0 aliphatic carbocycles. The molecular formula is C10H14N2O2. The van der Waals surface area contributed by atoms with Gasteiger partial charge < -0.3 is 10.4 Å². The summed E-state index contributed by atoms with van der Waals surface area (Å²) >= 11 is 0. The van der Waals surface area contributed by atoms with Crippen LogP contribution in [0.5, 0.6) is 0 Å². The quantitative estimate of drug-likeness (QED) is 0.749. The summed E-state index contributed by atoms with van der Waals surface area (Å²) < 4.78 is 0. The molecule has 0 aliphatic rings. The molecule has 76 valence electrons. The number of carbonyl (C=O) groups is 1. The Bertz CT molecular complexity index is 287. The number of pyridine rings is 1. The van der Waals surface area contributed by atoms with E-state index >= 15 is 0 Å². The summed E-state index contributed by atoms with van der Waals surface area (Å²) in [6, 6.07) is 5.46. The molecule has 1 heterocycles. The van der Waals surface area contributed by atoms with E-state index in [4.69, 9.17) is 5.11 Å². The van der Waals surface area contributed by atoms with Gasteiger partial charge in [-0.25, -0.2) is 4.98 Å². The fraction of sp³-hybridized carbons (Fsp3) is 0.400. The zero-order valence-corrected chi connectivity index (χ0v) is 8.10. The lowest BCUT2D eigenvalue weighted by atomic mass is 10.1. The van der Waals surface area contributed by atoms with Crippen LogP contribution in [0.1, 0.15) is 19.8 Å². The highest BCUT2D eigenvalue weighted by molar-refractivity contribution is 5.68. The number of aliphatic carboxylic acids is 1. The van der Waals surface area contributed by atoms with Crippen molar-refractivity contribution in [1.82, 2.24) is 4.98 Å². The van der Waals surface area contributed by atoms with Crippen LogP contribution in [0.2, 0.25) is 0 Å². The molecule has 1 rings (SSSR count). The standard InChI is InChI=1S/C10H14N2O2/c1-2-8(7-10(13)14)12-9-5-3-4-6-11-9/h3-6,8H,2,7H2,1H3,(H,11,12)(H,13,14)/t8-/m1/s1. The molecule has 4 nitrogen and oxygen atoms in total. The third-order valence-electron chi connectivity index (χ3n) is 1.93. The van der Waals surface area contributed by atoms with Gasteiger partial charge in [-0.1, -0.05) is 13.0 Å². The summed E-state index contributed by atoms with van der Waals surface area (Å²) in [4.78, 5) is 14.6. The monoisotopic (exact) mass is 194 g/mol. The van der Waals surface area contributed by atoms with Gasteiger partial charge in [0.1, 0.15) is 5.82 Å². The Hall–Kier alpha value is -1.58. The van der Waals surface area contributed by atoms with E-state index in [1.54, 1.807) is 6.20 Å². The van der Waals surface area contributed by atoms with Crippen LogP contribution in [0, 0.1) is 0 Å². The van der Waals surface area contributed by atoms with Crippen molar-refractivity contribution in [2.75, 3.05) is 5.32 Å². The van der Waals surface area contributed by atoms with Gasteiger partial charge in [0, 0.05) is 12.2 Å². The Labute approximate surface area is 83.0 Å². The first-order valence-electron chi connectivity index (χ1n) is 4.61. The summed E-state index contributed by atoms with van der Waals surface area (Å²) in [7, 11) is 0. The fourth-order valence-corrected chi connectivity index (χ4v) is 1.17. The summed E-state index contributed by atoms with van der Waals surface area (Å²) in [5.41, 5.74) is 0. The van der Waals surface area contributed by atoms with Gasteiger partial charge in [-0.15, -0.1) is 0 Å². The molecule has 0 radical (unpaired) electrons. The van der Waals surface area contributed by atoms with E-state index in [9.17, 15) is 4.79 Å². The van der Waals surface area contributed by atoms with Crippen LogP contribution in [0.15, 0.2) is 24.4 Å². The van der Waals surface area contributed by atoms with Crippen LogP contribution in [0.3, 0.4) is 0 Å². The summed E-state index contributed by atoms with van der Waals surface area (Å²) in [5, 5.41) is 11.7. The predicted octanol–water partition coefficient (Wildman–Crippen LogP) is 1.75. The minimum atomic E-state index is -0.791. The predicted molar refractivity (Wildman–Crippen MR) is 54.2 cm³/mol. The SMILES string of the molecule is CC[C@H](CC(=O)O)Nc1ccccn1. The van der Waals surface area contributed by atoms with Crippen LogP contribution >= 0.6 is 0 Å². The molecule has 0 amide bonds. The van der Waals surface area contributed by atoms with E-state index in [0.717, 1.165) is 12.2 Å². The first-order chi connectivity index (χ1) is 6.72. The number of nitrogens with one attached hydrogen (secondary N) is 1. The average Bonchev–Trinajstić information content (AvgIpc) is 2.17. The number of hydrogen-bond donors (Lipinski definition) is 2. The third kappa shape index (κ3) is 3.43. The molecule has 0 spiro atoms. The Balaban J connectivity index is 2.53. The van der Waals surface area contributed by atoms with E-state index in [0.29, 0.717) is 0 Å². The number of nitrogens with zero attached hydrogens (tertiary/aromatic N) is 1. The van der Waals surface area contributed by atoms with Crippen molar-refractivity contribution in [3.05, 3.63) is 24.4 Å². The van der Waals surface area contributed by atoms with Gasteiger partial charge in [0.25, 0.3) is 0 Å². The molecule has 1 atom stereocenters. The van der Waals surface area contributed by atoms with Crippen LogP contribution in [0.4, 0.5) is 5.82 Å². The second kappa shape index (κ2) is 5.21. The second-order valence-corrected chi connectivity index (χ2v) is 3.06.